The zero-order chi connectivity index (χ0) is 12.3. The Morgan fingerprint density at radius 2 is 1.94 bits per heavy atom. The van der Waals surface area contributed by atoms with Gasteiger partial charge in [0.25, 0.3) is 0 Å². The second-order valence-corrected chi connectivity index (χ2v) is 5.20. The Kier molecular flexibility index (Phi) is 3.51. The number of rotatable bonds is 3. The average Bonchev–Trinajstić information content (AvgIpc) is 2.39. The van der Waals surface area contributed by atoms with Crippen molar-refractivity contribution in [1.82, 2.24) is 0 Å². The molecule has 0 atom stereocenters. The molecular weight excluding hydrogens is 212 g/mol. The second kappa shape index (κ2) is 4.91. The maximum Gasteiger partial charge on any atom is 0.150 e. The van der Waals surface area contributed by atoms with Gasteiger partial charge in [0.05, 0.1) is 7.11 Å². The van der Waals surface area contributed by atoms with Crippen molar-refractivity contribution in [3.63, 3.8) is 0 Å². The van der Waals surface area contributed by atoms with Gasteiger partial charge in [-0.05, 0) is 36.5 Å². The molecule has 17 heavy (non-hydrogen) atoms. The van der Waals surface area contributed by atoms with Gasteiger partial charge in [-0.25, -0.2) is 0 Å². The van der Waals surface area contributed by atoms with E-state index in [9.17, 15) is 4.79 Å². The highest BCUT2D eigenvalue weighted by Gasteiger charge is 2.31. The molecule has 2 nitrogen and oxygen atoms in total. The number of carbonyl (C=O) groups excluding carboxylic acids is 1. The molecule has 1 aliphatic carbocycles. The second-order valence-electron chi connectivity index (χ2n) is 5.20. The van der Waals surface area contributed by atoms with Gasteiger partial charge >= 0.3 is 0 Å². The summed E-state index contributed by atoms with van der Waals surface area (Å²) in [6, 6.07) is 5.73. The van der Waals surface area contributed by atoms with Gasteiger partial charge in [-0.1, -0.05) is 26.2 Å². The van der Waals surface area contributed by atoms with Crippen molar-refractivity contribution in [1.29, 1.82) is 0 Å². The van der Waals surface area contributed by atoms with Crippen LogP contribution in [-0.4, -0.2) is 13.4 Å². The van der Waals surface area contributed by atoms with Gasteiger partial charge in [0.2, 0.25) is 0 Å². The molecule has 1 aromatic carbocycles. The normalized spacial score (nSPS) is 18.7. The molecule has 92 valence electrons. The lowest BCUT2D eigenvalue weighted by Gasteiger charge is -2.35. The lowest BCUT2D eigenvalue weighted by atomic mass is 9.70. The van der Waals surface area contributed by atoms with Crippen molar-refractivity contribution < 1.29 is 9.53 Å². The standard InChI is InChI=1S/C15H20O2/c1-15(8-4-3-5-9-15)13-10-12(11-16)6-7-14(13)17-2/h6-7,10-11H,3-5,8-9H2,1-2H3. The van der Waals surface area contributed by atoms with E-state index in [-0.39, 0.29) is 5.41 Å². The summed E-state index contributed by atoms with van der Waals surface area (Å²) in [6.45, 7) is 2.29. The molecule has 1 fully saturated rings. The zero-order valence-electron chi connectivity index (χ0n) is 10.7. The lowest BCUT2D eigenvalue weighted by molar-refractivity contribution is 0.112. The van der Waals surface area contributed by atoms with Crippen molar-refractivity contribution in [3.05, 3.63) is 29.3 Å². The minimum atomic E-state index is 0.169. The van der Waals surface area contributed by atoms with Crippen LogP contribution < -0.4 is 4.74 Å². The first-order valence-electron chi connectivity index (χ1n) is 6.33. The first-order chi connectivity index (χ1) is 8.19. The van der Waals surface area contributed by atoms with Crippen LogP contribution in [0.1, 0.15) is 54.9 Å². The Hall–Kier alpha value is -1.31. The number of benzene rings is 1. The third kappa shape index (κ3) is 2.36. The average molecular weight is 232 g/mol. The molecule has 0 bridgehead atoms. The molecular formula is C15H20O2. The Balaban J connectivity index is 2.43. The van der Waals surface area contributed by atoms with E-state index < -0.39 is 0 Å². The zero-order valence-corrected chi connectivity index (χ0v) is 10.7. The van der Waals surface area contributed by atoms with Crippen molar-refractivity contribution in [2.45, 2.75) is 44.4 Å². The monoisotopic (exact) mass is 232 g/mol. The van der Waals surface area contributed by atoms with Crippen LogP contribution in [0.4, 0.5) is 0 Å². The number of ether oxygens (including phenoxy) is 1. The summed E-state index contributed by atoms with van der Waals surface area (Å²) in [5, 5.41) is 0. The topological polar surface area (TPSA) is 26.3 Å². The van der Waals surface area contributed by atoms with Crippen LogP contribution in [0, 0.1) is 0 Å². The molecule has 0 aliphatic heterocycles. The third-order valence-corrected chi connectivity index (χ3v) is 3.97. The number of carbonyl (C=O) groups is 1. The Morgan fingerprint density at radius 3 is 2.53 bits per heavy atom. The number of hydrogen-bond donors (Lipinski definition) is 0. The molecule has 0 heterocycles. The summed E-state index contributed by atoms with van der Waals surface area (Å²) in [5.74, 6) is 0.917. The van der Waals surface area contributed by atoms with Gasteiger partial charge < -0.3 is 4.74 Å². The molecule has 2 rings (SSSR count). The summed E-state index contributed by atoms with van der Waals surface area (Å²) in [6.07, 6.45) is 7.15. The van der Waals surface area contributed by atoms with Crippen LogP contribution in [-0.2, 0) is 5.41 Å². The summed E-state index contributed by atoms with van der Waals surface area (Å²) in [5.41, 5.74) is 2.11. The largest absolute Gasteiger partial charge is 0.496 e. The first-order valence-corrected chi connectivity index (χ1v) is 6.33. The highest BCUT2D eigenvalue weighted by Crippen LogP contribution is 2.43. The van der Waals surface area contributed by atoms with Crippen molar-refractivity contribution in [2.75, 3.05) is 7.11 Å². The van der Waals surface area contributed by atoms with E-state index >= 15 is 0 Å². The van der Waals surface area contributed by atoms with Crippen LogP contribution >= 0.6 is 0 Å². The fourth-order valence-electron chi connectivity index (χ4n) is 2.87. The molecule has 0 spiro atoms. The van der Waals surface area contributed by atoms with Crippen LogP contribution in [0.2, 0.25) is 0 Å². The minimum Gasteiger partial charge on any atom is -0.496 e. The van der Waals surface area contributed by atoms with E-state index in [1.165, 1.54) is 37.7 Å². The number of methoxy groups -OCH3 is 1. The fourth-order valence-corrected chi connectivity index (χ4v) is 2.87. The predicted octanol–water partition coefficient (Wildman–Crippen LogP) is 3.73. The van der Waals surface area contributed by atoms with Gasteiger partial charge in [-0.3, -0.25) is 4.79 Å². The summed E-state index contributed by atoms with van der Waals surface area (Å²) >= 11 is 0. The van der Waals surface area contributed by atoms with Crippen molar-refractivity contribution in [2.24, 2.45) is 0 Å². The molecule has 0 N–H and O–H groups in total. The molecule has 0 unspecified atom stereocenters. The number of aldehydes is 1. The predicted molar refractivity (Wildman–Crippen MR) is 68.8 cm³/mol. The van der Waals surface area contributed by atoms with Crippen molar-refractivity contribution >= 4 is 6.29 Å². The van der Waals surface area contributed by atoms with E-state index in [1.807, 2.05) is 18.2 Å². The first kappa shape index (κ1) is 12.2. The molecule has 2 heteroatoms. The van der Waals surface area contributed by atoms with Gasteiger partial charge in [0.15, 0.2) is 0 Å². The molecule has 0 saturated heterocycles. The maximum atomic E-state index is 10.9. The molecule has 0 aromatic heterocycles. The lowest BCUT2D eigenvalue weighted by Crippen LogP contribution is -2.25. The van der Waals surface area contributed by atoms with Crippen LogP contribution in [0.5, 0.6) is 5.75 Å². The van der Waals surface area contributed by atoms with Gasteiger partial charge in [-0.2, -0.15) is 0 Å². The summed E-state index contributed by atoms with van der Waals surface area (Å²) in [4.78, 5) is 10.9. The van der Waals surface area contributed by atoms with E-state index in [0.29, 0.717) is 0 Å². The molecule has 0 radical (unpaired) electrons. The Morgan fingerprint density at radius 1 is 1.24 bits per heavy atom. The van der Waals surface area contributed by atoms with Gasteiger partial charge in [0, 0.05) is 11.1 Å². The molecule has 1 aliphatic rings. The van der Waals surface area contributed by atoms with E-state index in [0.717, 1.165) is 17.6 Å². The van der Waals surface area contributed by atoms with Crippen LogP contribution in [0.3, 0.4) is 0 Å². The maximum absolute atomic E-state index is 10.9. The van der Waals surface area contributed by atoms with E-state index in [4.69, 9.17) is 4.74 Å². The molecule has 1 aromatic rings. The SMILES string of the molecule is COc1ccc(C=O)cc1C1(C)CCCCC1. The van der Waals surface area contributed by atoms with Crippen LogP contribution in [0.15, 0.2) is 18.2 Å². The summed E-state index contributed by atoms with van der Waals surface area (Å²) in [7, 11) is 1.70. The molecule has 0 amide bonds. The van der Waals surface area contributed by atoms with E-state index in [1.54, 1.807) is 7.11 Å². The highest BCUT2D eigenvalue weighted by molar-refractivity contribution is 5.76. The fraction of sp³-hybridized carbons (Fsp3) is 0.533. The molecule has 1 saturated carbocycles. The third-order valence-electron chi connectivity index (χ3n) is 3.97. The Bertz CT molecular complexity index is 403. The van der Waals surface area contributed by atoms with E-state index in [2.05, 4.69) is 6.92 Å². The van der Waals surface area contributed by atoms with Crippen molar-refractivity contribution in [3.8, 4) is 5.75 Å². The Labute approximate surface area is 103 Å². The summed E-state index contributed by atoms with van der Waals surface area (Å²) < 4.78 is 5.45. The van der Waals surface area contributed by atoms with Gasteiger partial charge in [0.1, 0.15) is 12.0 Å². The smallest absolute Gasteiger partial charge is 0.150 e. The highest BCUT2D eigenvalue weighted by atomic mass is 16.5. The minimum absolute atomic E-state index is 0.169. The van der Waals surface area contributed by atoms with Crippen LogP contribution in [0.25, 0.3) is 0 Å². The van der Waals surface area contributed by atoms with Gasteiger partial charge in [-0.15, -0.1) is 0 Å². The quantitative estimate of drug-likeness (QED) is 0.742. The number of hydrogen-bond acceptors (Lipinski definition) is 2.